The molecule has 1 amide bonds. The van der Waals surface area contributed by atoms with Gasteiger partial charge in [-0.1, -0.05) is 28.8 Å². The summed E-state index contributed by atoms with van der Waals surface area (Å²) < 4.78 is 5.81. The molecule has 0 spiro atoms. The predicted molar refractivity (Wildman–Crippen MR) is 92.8 cm³/mol. The van der Waals surface area contributed by atoms with Gasteiger partial charge in [0.05, 0.1) is 0 Å². The molecule has 2 fully saturated rings. The number of benzene rings is 1. The molecule has 3 rings (SSSR count). The molecule has 1 N–H and O–H groups in total. The third-order valence-corrected chi connectivity index (χ3v) is 5.56. The molecular weight excluding hydrogens is 374 g/mol. The summed E-state index contributed by atoms with van der Waals surface area (Å²) >= 11 is 3.25. The van der Waals surface area contributed by atoms with Gasteiger partial charge in [0.15, 0.2) is 6.61 Å². The first kappa shape index (κ1) is 17.3. The fourth-order valence-electron chi connectivity index (χ4n) is 3.89. The van der Waals surface area contributed by atoms with E-state index in [0.717, 1.165) is 25.8 Å². The van der Waals surface area contributed by atoms with Gasteiger partial charge in [-0.3, -0.25) is 4.79 Å². The molecule has 130 valence electrons. The number of ether oxygens (including phenoxy) is 1. The number of carbonyl (C=O) groups is 2. The van der Waals surface area contributed by atoms with E-state index in [2.05, 4.69) is 15.9 Å². The Morgan fingerprint density at radius 1 is 1.21 bits per heavy atom. The fraction of sp³-hybridized carbons (Fsp3) is 0.556. The van der Waals surface area contributed by atoms with Gasteiger partial charge in [0.25, 0.3) is 5.91 Å². The van der Waals surface area contributed by atoms with Gasteiger partial charge < -0.3 is 14.7 Å². The van der Waals surface area contributed by atoms with Crippen LogP contribution in [0.1, 0.15) is 48.9 Å². The van der Waals surface area contributed by atoms with Crippen LogP contribution < -0.4 is 0 Å². The Morgan fingerprint density at radius 2 is 1.96 bits per heavy atom. The summed E-state index contributed by atoms with van der Waals surface area (Å²) in [5.41, 5.74) is 0.0614. The van der Waals surface area contributed by atoms with Crippen molar-refractivity contribution in [2.45, 2.75) is 44.6 Å². The number of nitrogens with zero attached hydrogens (tertiary/aromatic N) is 1. The van der Waals surface area contributed by atoms with Crippen LogP contribution in [0.5, 0.6) is 5.75 Å². The number of rotatable bonds is 3. The number of fused-ring (bicyclic) bond motifs is 1. The smallest absolute Gasteiger partial charge is 0.342 e. The number of phenolic OH excluding ortho intramolecular Hbond substituents is 1. The van der Waals surface area contributed by atoms with Crippen LogP contribution in [0.4, 0.5) is 0 Å². The molecule has 1 aromatic carbocycles. The lowest BCUT2D eigenvalue weighted by molar-refractivity contribution is -0.140. The van der Waals surface area contributed by atoms with E-state index in [0.29, 0.717) is 16.4 Å². The zero-order chi connectivity index (χ0) is 17.1. The molecule has 1 aliphatic heterocycles. The SMILES string of the molecule is O=C(OCC(=O)N1CCC[C@H]2CCCC[C@H]21)c1cc(Br)ccc1O. The molecule has 6 heteroatoms. The van der Waals surface area contributed by atoms with Crippen molar-refractivity contribution in [2.24, 2.45) is 5.92 Å². The number of aromatic hydroxyl groups is 1. The number of carbonyl (C=O) groups excluding carboxylic acids is 2. The molecule has 5 nitrogen and oxygen atoms in total. The molecule has 2 atom stereocenters. The monoisotopic (exact) mass is 395 g/mol. The van der Waals surface area contributed by atoms with Crippen molar-refractivity contribution in [3.63, 3.8) is 0 Å². The van der Waals surface area contributed by atoms with Crippen LogP contribution in [0.15, 0.2) is 22.7 Å². The second-order valence-electron chi connectivity index (χ2n) is 6.58. The Balaban J connectivity index is 1.60. The van der Waals surface area contributed by atoms with E-state index in [1.165, 1.54) is 31.4 Å². The predicted octanol–water partition coefficient (Wildman–Crippen LogP) is 3.49. The Morgan fingerprint density at radius 3 is 2.79 bits per heavy atom. The minimum atomic E-state index is -0.681. The quantitative estimate of drug-likeness (QED) is 0.795. The highest BCUT2D eigenvalue weighted by molar-refractivity contribution is 9.10. The van der Waals surface area contributed by atoms with Gasteiger partial charge in [0.2, 0.25) is 0 Å². The maximum Gasteiger partial charge on any atom is 0.342 e. The number of phenols is 1. The summed E-state index contributed by atoms with van der Waals surface area (Å²) in [7, 11) is 0. The highest BCUT2D eigenvalue weighted by Crippen LogP contribution is 2.35. The molecule has 1 saturated heterocycles. The Hall–Kier alpha value is -1.56. The van der Waals surface area contributed by atoms with Gasteiger partial charge in [-0.05, 0) is 49.8 Å². The molecule has 0 bridgehead atoms. The molecule has 0 radical (unpaired) electrons. The van der Waals surface area contributed by atoms with Crippen LogP contribution in [0, 0.1) is 5.92 Å². The van der Waals surface area contributed by atoms with E-state index < -0.39 is 5.97 Å². The van der Waals surface area contributed by atoms with Gasteiger partial charge in [-0.15, -0.1) is 0 Å². The van der Waals surface area contributed by atoms with E-state index in [9.17, 15) is 14.7 Å². The number of hydrogen-bond acceptors (Lipinski definition) is 4. The van der Waals surface area contributed by atoms with Crippen molar-refractivity contribution in [1.29, 1.82) is 0 Å². The van der Waals surface area contributed by atoms with Crippen LogP contribution in [-0.4, -0.2) is 41.1 Å². The molecule has 1 aromatic rings. The first-order valence-electron chi connectivity index (χ1n) is 8.51. The van der Waals surface area contributed by atoms with Crippen molar-refractivity contribution in [1.82, 2.24) is 4.90 Å². The topological polar surface area (TPSA) is 66.8 Å². The van der Waals surface area contributed by atoms with Crippen molar-refractivity contribution in [3.05, 3.63) is 28.2 Å². The van der Waals surface area contributed by atoms with E-state index in [-0.39, 0.29) is 23.8 Å². The van der Waals surface area contributed by atoms with Crippen LogP contribution >= 0.6 is 15.9 Å². The van der Waals surface area contributed by atoms with Crippen LogP contribution in [-0.2, 0) is 9.53 Å². The zero-order valence-corrected chi connectivity index (χ0v) is 15.1. The lowest BCUT2D eigenvalue weighted by atomic mass is 9.78. The lowest BCUT2D eigenvalue weighted by Crippen LogP contribution is -2.50. The Labute approximate surface area is 150 Å². The molecule has 1 aliphatic carbocycles. The molecular formula is C18H22BrNO4. The second-order valence-corrected chi connectivity index (χ2v) is 7.49. The van der Waals surface area contributed by atoms with Gasteiger partial charge in [0, 0.05) is 17.1 Å². The number of hydrogen-bond donors (Lipinski definition) is 1. The molecule has 0 aromatic heterocycles. The Kier molecular flexibility index (Phi) is 5.43. The third kappa shape index (κ3) is 3.74. The molecule has 2 aliphatic rings. The first-order valence-corrected chi connectivity index (χ1v) is 9.30. The number of likely N-dealkylation sites (tertiary alicyclic amines) is 1. The summed E-state index contributed by atoms with van der Waals surface area (Å²) in [5.74, 6) is -0.365. The molecule has 1 saturated carbocycles. The fourth-order valence-corrected chi connectivity index (χ4v) is 4.26. The summed E-state index contributed by atoms with van der Waals surface area (Å²) in [6.45, 7) is 0.480. The van der Waals surface area contributed by atoms with Gasteiger partial charge in [-0.2, -0.15) is 0 Å². The van der Waals surface area contributed by atoms with Crippen LogP contribution in [0.2, 0.25) is 0 Å². The van der Waals surface area contributed by atoms with E-state index in [4.69, 9.17) is 4.74 Å². The van der Waals surface area contributed by atoms with Crippen molar-refractivity contribution in [3.8, 4) is 5.75 Å². The van der Waals surface area contributed by atoms with E-state index >= 15 is 0 Å². The normalized spacial score (nSPS) is 23.5. The average Bonchev–Trinajstić information content (AvgIpc) is 2.61. The number of esters is 1. The lowest BCUT2D eigenvalue weighted by Gasteiger charge is -2.44. The molecule has 0 unspecified atom stereocenters. The Bertz CT molecular complexity index is 631. The van der Waals surface area contributed by atoms with Crippen LogP contribution in [0.25, 0.3) is 0 Å². The van der Waals surface area contributed by atoms with Crippen molar-refractivity contribution in [2.75, 3.05) is 13.2 Å². The highest BCUT2D eigenvalue weighted by atomic mass is 79.9. The largest absolute Gasteiger partial charge is 0.507 e. The van der Waals surface area contributed by atoms with Crippen LogP contribution in [0.3, 0.4) is 0 Å². The minimum absolute atomic E-state index is 0.0614. The maximum absolute atomic E-state index is 12.5. The van der Waals surface area contributed by atoms with Gasteiger partial charge in [-0.25, -0.2) is 4.79 Å². The third-order valence-electron chi connectivity index (χ3n) is 5.07. The number of amides is 1. The minimum Gasteiger partial charge on any atom is -0.507 e. The highest BCUT2D eigenvalue weighted by Gasteiger charge is 2.35. The number of halogens is 1. The summed E-state index contributed by atoms with van der Waals surface area (Å²) in [6, 6.07) is 4.84. The van der Waals surface area contributed by atoms with Crippen molar-refractivity contribution < 1.29 is 19.4 Å². The summed E-state index contributed by atoms with van der Waals surface area (Å²) in [6.07, 6.45) is 6.88. The standard InChI is InChI=1S/C18H22BrNO4/c19-13-7-8-16(21)14(10-13)18(23)24-11-17(22)20-9-3-5-12-4-1-2-6-15(12)20/h7-8,10,12,15,21H,1-6,9,11H2/t12-,15-/m1/s1. The summed E-state index contributed by atoms with van der Waals surface area (Å²) in [4.78, 5) is 26.5. The van der Waals surface area contributed by atoms with E-state index in [1.807, 2.05) is 4.90 Å². The van der Waals surface area contributed by atoms with Gasteiger partial charge >= 0.3 is 5.97 Å². The molecule has 1 heterocycles. The van der Waals surface area contributed by atoms with Crippen molar-refractivity contribution >= 4 is 27.8 Å². The number of piperidine rings is 1. The second kappa shape index (κ2) is 7.55. The summed E-state index contributed by atoms with van der Waals surface area (Å²) in [5, 5.41) is 9.76. The average molecular weight is 396 g/mol. The molecule has 24 heavy (non-hydrogen) atoms. The first-order chi connectivity index (χ1) is 11.6. The van der Waals surface area contributed by atoms with Gasteiger partial charge in [0.1, 0.15) is 11.3 Å². The zero-order valence-electron chi connectivity index (χ0n) is 13.5. The maximum atomic E-state index is 12.5. The van der Waals surface area contributed by atoms with E-state index in [1.54, 1.807) is 6.07 Å².